The van der Waals surface area contributed by atoms with Gasteiger partial charge in [0.15, 0.2) is 0 Å². The molecule has 0 amide bonds. The zero-order chi connectivity index (χ0) is 12.4. The topological polar surface area (TPSA) is 90.9 Å². The number of aliphatic hydroxyl groups is 1. The average molecular weight is 231 g/mol. The van der Waals surface area contributed by atoms with E-state index in [1.807, 2.05) is 6.92 Å². The zero-order valence-corrected chi connectivity index (χ0v) is 10.4. The number of nitrogens with one attached hydrogen (secondary N) is 1. The van der Waals surface area contributed by atoms with Gasteiger partial charge < -0.3 is 21.4 Å². The molecule has 0 radical (unpaired) electrons. The molecule has 0 saturated heterocycles. The standard InChI is InChI=1S/C11H25N3O2/c1-3-7-11(2,15)9-13-8-5-4-6-10(12)14-16/h13,15-16H,3-9H2,1-2H3,(H2,12,14). The molecule has 0 aliphatic heterocycles. The van der Waals surface area contributed by atoms with E-state index < -0.39 is 5.60 Å². The van der Waals surface area contributed by atoms with Gasteiger partial charge in [-0.05, 0) is 32.7 Å². The molecule has 5 nitrogen and oxygen atoms in total. The van der Waals surface area contributed by atoms with E-state index in [1.165, 1.54) is 0 Å². The van der Waals surface area contributed by atoms with Gasteiger partial charge in [-0.25, -0.2) is 0 Å². The number of nitrogens with two attached hydrogens (primary N) is 1. The highest BCUT2D eigenvalue weighted by Crippen LogP contribution is 2.09. The molecule has 1 atom stereocenters. The fraction of sp³-hybridized carbons (Fsp3) is 0.909. The van der Waals surface area contributed by atoms with Gasteiger partial charge in [0.25, 0.3) is 0 Å². The van der Waals surface area contributed by atoms with Crippen LogP contribution in [0.2, 0.25) is 0 Å². The highest BCUT2D eigenvalue weighted by Gasteiger charge is 2.17. The molecule has 0 aromatic heterocycles. The first-order chi connectivity index (χ1) is 7.52. The Morgan fingerprint density at radius 3 is 2.69 bits per heavy atom. The normalized spacial score (nSPS) is 16.1. The molecule has 5 heteroatoms. The van der Waals surface area contributed by atoms with Gasteiger partial charge in [-0.3, -0.25) is 0 Å². The lowest BCUT2D eigenvalue weighted by Gasteiger charge is -2.22. The van der Waals surface area contributed by atoms with E-state index in [4.69, 9.17) is 10.9 Å². The van der Waals surface area contributed by atoms with Crippen molar-refractivity contribution in [3.8, 4) is 0 Å². The smallest absolute Gasteiger partial charge is 0.139 e. The minimum atomic E-state index is -0.611. The Morgan fingerprint density at radius 1 is 1.44 bits per heavy atom. The van der Waals surface area contributed by atoms with Gasteiger partial charge in [-0.1, -0.05) is 18.5 Å². The van der Waals surface area contributed by atoms with Crippen molar-refractivity contribution in [3.63, 3.8) is 0 Å². The molecule has 0 heterocycles. The second-order valence-corrected chi connectivity index (χ2v) is 4.47. The Balaban J connectivity index is 3.40. The number of rotatable bonds is 9. The minimum absolute atomic E-state index is 0.276. The maximum Gasteiger partial charge on any atom is 0.139 e. The Bertz CT molecular complexity index is 205. The van der Waals surface area contributed by atoms with Gasteiger partial charge in [0.2, 0.25) is 0 Å². The predicted molar refractivity (Wildman–Crippen MR) is 65.7 cm³/mol. The molecule has 96 valence electrons. The van der Waals surface area contributed by atoms with Crippen LogP contribution in [0.5, 0.6) is 0 Å². The lowest BCUT2D eigenvalue weighted by molar-refractivity contribution is 0.0502. The van der Waals surface area contributed by atoms with E-state index in [2.05, 4.69) is 17.4 Å². The number of oxime groups is 1. The molecule has 0 aliphatic carbocycles. The van der Waals surface area contributed by atoms with Crippen LogP contribution in [0.25, 0.3) is 0 Å². The molecule has 16 heavy (non-hydrogen) atoms. The largest absolute Gasteiger partial charge is 0.409 e. The number of hydrogen-bond acceptors (Lipinski definition) is 4. The third-order valence-corrected chi connectivity index (χ3v) is 2.46. The van der Waals surface area contributed by atoms with Crippen LogP contribution in [0, 0.1) is 0 Å². The quantitative estimate of drug-likeness (QED) is 0.157. The summed E-state index contributed by atoms with van der Waals surface area (Å²) in [6, 6.07) is 0. The van der Waals surface area contributed by atoms with Crippen LogP contribution in [0.15, 0.2) is 5.16 Å². The number of hydrogen-bond donors (Lipinski definition) is 4. The Labute approximate surface area is 97.7 Å². The van der Waals surface area contributed by atoms with E-state index in [1.54, 1.807) is 0 Å². The lowest BCUT2D eigenvalue weighted by atomic mass is 10.0. The van der Waals surface area contributed by atoms with E-state index in [0.717, 1.165) is 32.2 Å². The van der Waals surface area contributed by atoms with Crippen molar-refractivity contribution in [1.29, 1.82) is 0 Å². The summed E-state index contributed by atoms with van der Waals surface area (Å²) in [5.74, 6) is 0.276. The van der Waals surface area contributed by atoms with Gasteiger partial charge in [-0.2, -0.15) is 0 Å². The van der Waals surface area contributed by atoms with Gasteiger partial charge >= 0.3 is 0 Å². The third-order valence-electron chi connectivity index (χ3n) is 2.46. The summed E-state index contributed by atoms with van der Waals surface area (Å²) >= 11 is 0. The summed E-state index contributed by atoms with van der Waals surface area (Å²) in [5.41, 5.74) is 4.73. The highest BCUT2D eigenvalue weighted by molar-refractivity contribution is 5.79. The SMILES string of the molecule is CCCC(C)(O)CNCCCCC(N)=NO. The first kappa shape index (κ1) is 15.2. The van der Waals surface area contributed by atoms with Crippen LogP contribution < -0.4 is 11.1 Å². The second-order valence-electron chi connectivity index (χ2n) is 4.47. The van der Waals surface area contributed by atoms with Gasteiger partial charge in [0.1, 0.15) is 5.84 Å². The fourth-order valence-corrected chi connectivity index (χ4v) is 1.59. The molecular formula is C11H25N3O2. The summed E-state index contributed by atoms with van der Waals surface area (Å²) in [6.45, 7) is 5.37. The summed E-state index contributed by atoms with van der Waals surface area (Å²) in [5, 5.41) is 24.3. The summed E-state index contributed by atoms with van der Waals surface area (Å²) in [4.78, 5) is 0. The second kappa shape index (κ2) is 8.35. The molecule has 0 fully saturated rings. The summed E-state index contributed by atoms with van der Waals surface area (Å²) in [6.07, 6.45) is 4.25. The van der Waals surface area contributed by atoms with Crippen molar-refractivity contribution in [2.24, 2.45) is 10.9 Å². The number of unbranched alkanes of at least 4 members (excludes halogenated alkanes) is 1. The maximum atomic E-state index is 9.86. The number of nitrogens with zero attached hydrogens (tertiary/aromatic N) is 1. The third kappa shape index (κ3) is 8.49. The molecule has 0 bridgehead atoms. The predicted octanol–water partition coefficient (Wildman–Crippen LogP) is 1.04. The molecule has 0 aromatic carbocycles. The van der Waals surface area contributed by atoms with E-state index in [9.17, 15) is 5.11 Å². The Kier molecular flexibility index (Phi) is 7.93. The van der Waals surface area contributed by atoms with Crippen molar-refractivity contribution >= 4 is 5.84 Å². The van der Waals surface area contributed by atoms with Gasteiger partial charge in [-0.15, -0.1) is 0 Å². The first-order valence-electron chi connectivity index (χ1n) is 5.91. The monoisotopic (exact) mass is 231 g/mol. The van der Waals surface area contributed by atoms with E-state index in [0.29, 0.717) is 13.0 Å². The lowest BCUT2D eigenvalue weighted by Crippen LogP contribution is -2.38. The van der Waals surface area contributed by atoms with Crippen LogP contribution >= 0.6 is 0 Å². The highest BCUT2D eigenvalue weighted by atomic mass is 16.4. The van der Waals surface area contributed by atoms with Crippen molar-refractivity contribution in [2.45, 2.75) is 51.6 Å². The van der Waals surface area contributed by atoms with Gasteiger partial charge in [0, 0.05) is 13.0 Å². The molecule has 0 aromatic rings. The fourth-order valence-electron chi connectivity index (χ4n) is 1.59. The van der Waals surface area contributed by atoms with Crippen LogP contribution in [-0.4, -0.2) is 34.8 Å². The first-order valence-corrected chi connectivity index (χ1v) is 5.91. The molecule has 0 rings (SSSR count). The molecular weight excluding hydrogens is 206 g/mol. The molecule has 0 saturated carbocycles. The maximum absolute atomic E-state index is 9.86. The summed E-state index contributed by atoms with van der Waals surface area (Å²) in [7, 11) is 0. The van der Waals surface area contributed by atoms with Crippen molar-refractivity contribution in [1.82, 2.24) is 5.32 Å². The van der Waals surface area contributed by atoms with Crippen molar-refractivity contribution in [3.05, 3.63) is 0 Å². The van der Waals surface area contributed by atoms with Crippen LogP contribution in [0.4, 0.5) is 0 Å². The van der Waals surface area contributed by atoms with Crippen LogP contribution in [-0.2, 0) is 0 Å². The van der Waals surface area contributed by atoms with E-state index >= 15 is 0 Å². The number of amidine groups is 1. The summed E-state index contributed by atoms with van der Waals surface area (Å²) < 4.78 is 0. The Morgan fingerprint density at radius 2 is 2.12 bits per heavy atom. The van der Waals surface area contributed by atoms with Crippen molar-refractivity contribution < 1.29 is 10.3 Å². The van der Waals surface area contributed by atoms with Crippen LogP contribution in [0.3, 0.4) is 0 Å². The average Bonchev–Trinajstić information content (AvgIpc) is 2.22. The zero-order valence-electron chi connectivity index (χ0n) is 10.4. The molecule has 0 spiro atoms. The van der Waals surface area contributed by atoms with Gasteiger partial charge in [0.05, 0.1) is 5.60 Å². The van der Waals surface area contributed by atoms with Crippen LogP contribution in [0.1, 0.15) is 46.0 Å². The van der Waals surface area contributed by atoms with Crippen molar-refractivity contribution in [2.75, 3.05) is 13.1 Å². The van der Waals surface area contributed by atoms with E-state index in [-0.39, 0.29) is 5.84 Å². The Hall–Kier alpha value is -0.810. The molecule has 0 aliphatic rings. The molecule has 1 unspecified atom stereocenters. The minimum Gasteiger partial charge on any atom is -0.409 e. The molecule has 5 N–H and O–H groups in total.